The zero-order valence-electron chi connectivity index (χ0n) is 13.4. The summed E-state index contributed by atoms with van der Waals surface area (Å²) >= 11 is 0. The van der Waals surface area contributed by atoms with Crippen LogP contribution >= 0.6 is 0 Å². The van der Waals surface area contributed by atoms with Gasteiger partial charge in [0.2, 0.25) is 11.6 Å². The smallest absolute Gasteiger partial charge is 0.229 e. The maximum atomic E-state index is 12.9. The van der Waals surface area contributed by atoms with Gasteiger partial charge in [0.25, 0.3) is 0 Å². The van der Waals surface area contributed by atoms with Crippen molar-refractivity contribution in [3.8, 4) is 0 Å². The van der Waals surface area contributed by atoms with E-state index in [4.69, 9.17) is 0 Å². The summed E-state index contributed by atoms with van der Waals surface area (Å²) in [6.07, 6.45) is 1.84. The van der Waals surface area contributed by atoms with E-state index in [2.05, 4.69) is 24.5 Å². The number of ketones is 2. The number of carbonyl (C=O) groups excluding carboxylic acids is 2. The minimum absolute atomic E-state index is 0.0361. The molecule has 0 amide bonds. The lowest BCUT2D eigenvalue weighted by Crippen LogP contribution is -2.40. The normalized spacial score (nSPS) is 20.8. The van der Waals surface area contributed by atoms with E-state index < -0.39 is 0 Å². The molecule has 3 aliphatic rings. The van der Waals surface area contributed by atoms with Crippen molar-refractivity contribution in [1.29, 1.82) is 0 Å². The summed E-state index contributed by atoms with van der Waals surface area (Å²) in [6, 6.07) is 0. The van der Waals surface area contributed by atoms with Crippen LogP contribution in [0.1, 0.15) is 26.7 Å². The van der Waals surface area contributed by atoms with Crippen molar-refractivity contribution in [2.45, 2.75) is 26.7 Å². The molecule has 0 aromatic heterocycles. The Labute approximate surface area is 131 Å². The minimum atomic E-state index is -0.0361. The zero-order valence-corrected chi connectivity index (χ0v) is 13.4. The Morgan fingerprint density at radius 3 is 1.41 bits per heavy atom. The van der Waals surface area contributed by atoms with Crippen LogP contribution in [0.2, 0.25) is 0 Å². The lowest BCUT2D eigenvalue weighted by molar-refractivity contribution is -0.118. The highest BCUT2D eigenvalue weighted by molar-refractivity contribution is 6.24. The molecule has 6 nitrogen and oxygen atoms in total. The third kappa shape index (κ3) is 2.69. The fraction of sp³-hybridized carbons (Fsp3) is 0.625. The topological polar surface area (TPSA) is 64.2 Å². The van der Waals surface area contributed by atoms with Gasteiger partial charge in [0.15, 0.2) is 0 Å². The van der Waals surface area contributed by atoms with Gasteiger partial charge in [-0.05, 0) is 12.8 Å². The average Bonchev–Trinajstić information content (AvgIpc) is 3.37. The quantitative estimate of drug-likeness (QED) is 0.493. The average molecular weight is 304 g/mol. The predicted molar refractivity (Wildman–Crippen MR) is 83.8 cm³/mol. The number of nitrogens with one attached hydrogen (secondary N) is 2. The molecule has 2 aliphatic heterocycles. The number of nitrogens with zero attached hydrogens (tertiary/aromatic N) is 2. The number of Topliss-reactive ketones (excluding diaryl/α,β-unsaturated/α-hetero) is 2. The van der Waals surface area contributed by atoms with E-state index >= 15 is 0 Å². The molecule has 0 bridgehead atoms. The van der Waals surface area contributed by atoms with Gasteiger partial charge in [-0.1, -0.05) is 13.8 Å². The second-order valence-corrected chi connectivity index (χ2v) is 5.93. The SMILES string of the molecule is CCCNC1=C(N2CC2)C(=O)C(NCCC)=C(N2CC2)C1=O. The van der Waals surface area contributed by atoms with Crippen molar-refractivity contribution in [1.82, 2.24) is 20.4 Å². The Morgan fingerprint density at radius 1 is 0.773 bits per heavy atom. The minimum Gasteiger partial charge on any atom is -0.380 e. The molecule has 0 aromatic carbocycles. The Bertz CT molecular complexity index is 506. The van der Waals surface area contributed by atoms with E-state index in [1.807, 2.05) is 9.80 Å². The first-order valence-corrected chi connectivity index (χ1v) is 8.24. The van der Waals surface area contributed by atoms with Crippen LogP contribution in [0.4, 0.5) is 0 Å². The first-order valence-electron chi connectivity index (χ1n) is 8.24. The van der Waals surface area contributed by atoms with Crippen molar-refractivity contribution < 1.29 is 9.59 Å². The maximum Gasteiger partial charge on any atom is 0.229 e. The summed E-state index contributed by atoms with van der Waals surface area (Å²) in [5.74, 6) is -0.0721. The molecule has 2 saturated heterocycles. The van der Waals surface area contributed by atoms with Gasteiger partial charge < -0.3 is 20.4 Å². The van der Waals surface area contributed by atoms with Gasteiger partial charge in [-0.2, -0.15) is 0 Å². The number of hydrogen-bond donors (Lipinski definition) is 2. The molecule has 2 N–H and O–H groups in total. The van der Waals surface area contributed by atoms with Crippen molar-refractivity contribution in [3.05, 3.63) is 22.8 Å². The van der Waals surface area contributed by atoms with E-state index in [9.17, 15) is 9.59 Å². The fourth-order valence-corrected chi connectivity index (χ4v) is 2.66. The first kappa shape index (κ1) is 14.9. The molecule has 6 heteroatoms. The third-order valence-corrected chi connectivity index (χ3v) is 3.99. The lowest BCUT2D eigenvalue weighted by Gasteiger charge is -2.26. The number of carbonyl (C=O) groups is 2. The van der Waals surface area contributed by atoms with Crippen LogP contribution in [0.25, 0.3) is 0 Å². The van der Waals surface area contributed by atoms with Crippen molar-refractivity contribution in [2.24, 2.45) is 0 Å². The van der Waals surface area contributed by atoms with Crippen LogP contribution in [0.3, 0.4) is 0 Å². The molecule has 2 fully saturated rings. The Kier molecular flexibility index (Phi) is 4.09. The van der Waals surface area contributed by atoms with Crippen molar-refractivity contribution in [3.63, 3.8) is 0 Å². The number of hydrogen-bond acceptors (Lipinski definition) is 6. The summed E-state index contributed by atoms with van der Waals surface area (Å²) < 4.78 is 0. The molecule has 0 radical (unpaired) electrons. The van der Waals surface area contributed by atoms with Gasteiger partial charge in [0.1, 0.15) is 22.8 Å². The van der Waals surface area contributed by atoms with Crippen LogP contribution in [0.5, 0.6) is 0 Å². The number of rotatable bonds is 8. The Hall–Kier alpha value is -1.98. The Morgan fingerprint density at radius 2 is 1.14 bits per heavy atom. The van der Waals surface area contributed by atoms with Crippen molar-refractivity contribution in [2.75, 3.05) is 39.3 Å². The lowest BCUT2D eigenvalue weighted by atomic mass is 9.98. The summed E-state index contributed by atoms with van der Waals surface area (Å²) in [7, 11) is 0. The summed E-state index contributed by atoms with van der Waals surface area (Å²) in [5.41, 5.74) is 2.10. The second kappa shape index (κ2) is 6.02. The maximum absolute atomic E-state index is 12.9. The molecule has 3 rings (SSSR count). The van der Waals surface area contributed by atoms with Crippen LogP contribution in [0, 0.1) is 0 Å². The molecule has 2 heterocycles. The molecule has 0 unspecified atom stereocenters. The first-order chi connectivity index (χ1) is 10.7. The van der Waals surface area contributed by atoms with E-state index in [0.717, 1.165) is 39.0 Å². The summed E-state index contributed by atoms with van der Waals surface area (Å²) in [6.45, 7) is 8.92. The van der Waals surface area contributed by atoms with Gasteiger partial charge >= 0.3 is 0 Å². The highest BCUT2D eigenvalue weighted by Gasteiger charge is 2.43. The van der Waals surface area contributed by atoms with Crippen LogP contribution in [-0.4, -0.2) is 60.6 Å². The molecule has 0 saturated carbocycles. The molecule has 0 spiro atoms. The second-order valence-electron chi connectivity index (χ2n) is 5.93. The molecule has 1 aliphatic carbocycles. The molecule has 0 aromatic rings. The standard InChI is InChI=1S/C16H24N4O2/c1-3-5-17-11-13(19-7-8-19)16(22)12(18-6-4-2)14(15(11)21)20-9-10-20/h17-18H,3-10H2,1-2H3. The van der Waals surface area contributed by atoms with E-state index in [1.165, 1.54) is 0 Å². The van der Waals surface area contributed by atoms with Crippen LogP contribution < -0.4 is 10.6 Å². The summed E-state index contributed by atoms with van der Waals surface area (Å²) in [5, 5.41) is 6.38. The van der Waals surface area contributed by atoms with E-state index in [-0.39, 0.29) is 11.6 Å². The zero-order chi connectivity index (χ0) is 15.7. The third-order valence-electron chi connectivity index (χ3n) is 3.99. The van der Waals surface area contributed by atoms with E-state index in [0.29, 0.717) is 35.9 Å². The molecular weight excluding hydrogens is 280 g/mol. The largest absolute Gasteiger partial charge is 0.380 e. The molecule has 22 heavy (non-hydrogen) atoms. The summed E-state index contributed by atoms with van der Waals surface area (Å²) in [4.78, 5) is 29.8. The molecule has 120 valence electrons. The van der Waals surface area contributed by atoms with E-state index in [1.54, 1.807) is 0 Å². The highest BCUT2D eigenvalue weighted by atomic mass is 16.1. The molecule has 0 atom stereocenters. The monoisotopic (exact) mass is 304 g/mol. The predicted octanol–water partition coefficient (Wildman–Crippen LogP) is 0.192. The van der Waals surface area contributed by atoms with Gasteiger partial charge in [-0.15, -0.1) is 0 Å². The Balaban J connectivity index is 1.96. The van der Waals surface area contributed by atoms with Gasteiger partial charge in [-0.3, -0.25) is 9.59 Å². The highest BCUT2D eigenvalue weighted by Crippen LogP contribution is 2.32. The van der Waals surface area contributed by atoms with Gasteiger partial charge in [-0.25, -0.2) is 0 Å². The van der Waals surface area contributed by atoms with Crippen LogP contribution in [-0.2, 0) is 9.59 Å². The van der Waals surface area contributed by atoms with Crippen molar-refractivity contribution >= 4 is 11.6 Å². The molecular formula is C16H24N4O2. The van der Waals surface area contributed by atoms with Gasteiger partial charge in [0.05, 0.1) is 0 Å². The van der Waals surface area contributed by atoms with Crippen LogP contribution in [0.15, 0.2) is 22.8 Å². The fourth-order valence-electron chi connectivity index (χ4n) is 2.66. The van der Waals surface area contributed by atoms with Gasteiger partial charge in [0, 0.05) is 39.3 Å².